The van der Waals surface area contributed by atoms with Crippen molar-refractivity contribution in [3.05, 3.63) is 11.6 Å². The summed E-state index contributed by atoms with van der Waals surface area (Å²) in [4.78, 5) is 37.9. The fourth-order valence-corrected chi connectivity index (χ4v) is 5.50. The van der Waals surface area contributed by atoms with Crippen molar-refractivity contribution in [2.75, 3.05) is 6.61 Å². The number of esters is 2. The Kier molecular flexibility index (Phi) is 6.26. The molecule has 4 atom stereocenters. The van der Waals surface area contributed by atoms with E-state index in [1.54, 1.807) is 6.08 Å². The SMILES string of the molecule is CC(C)CCC[C@H](C)[C@@H]1CCC2=CC(=O)CC[C@]21C(=O)O[C@H]1C(=O)OCC1(C)C. The Hall–Kier alpha value is -1.65. The highest BCUT2D eigenvalue weighted by atomic mass is 16.6. The maximum absolute atomic E-state index is 13.6. The number of ether oxygens (including phenoxy) is 2. The number of rotatable bonds is 7. The van der Waals surface area contributed by atoms with Crippen LogP contribution in [-0.4, -0.2) is 30.4 Å². The van der Waals surface area contributed by atoms with E-state index in [0.29, 0.717) is 24.7 Å². The third-order valence-corrected chi connectivity index (χ3v) is 7.26. The lowest BCUT2D eigenvalue weighted by atomic mass is 9.64. The molecule has 29 heavy (non-hydrogen) atoms. The van der Waals surface area contributed by atoms with E-state index >= 15 is 0 Å². The lowest BCUT2D eigenvalue weighted by Gasteiger charge is -2.40. The van der Waals surface area contributed by atoms with E-state index in [0.717, 1.165) is 31.3 Å². The van der Waals surface area contributed by atoms with Crippen molar-refractivity contribution in [2.24, 2.45) is 28.6 Å². The normalized spacial score (nSPS) is 32.0. The third-order valence-electron chi connectivity index (χ3n) is 7.26. The smallest absolute Gasteiger partial charge is 0.348 e. The minimum atomic E-state index is -0.874. The maximum atomic E-state index is 13.6. The fourth-order valence-electron chi connectivity index (χ4n) is 5.50. The molecule has 0 unspecified atom stereocenters. The lowest BCUT2D eigenvalue weighted by molar-refractivity contribution is -0.173. The Morgan fingerprint density at radius 1 is 1.21 bits per heavy atom. The minimum absolute atomic E-state index is 0.0946. The zero-order valence-electron chi connectivity index (χ0n) is 18.6. The van der Waals surface area contributed by atoms with Crippen LogP contribution in [0, 0.1) is 28.6 Å². The molecule has 0 aromatic carbocycles. The largest absolute Gasteiger partial charge is 0.462 e. The summed E-state index contributed by atoms with van der Waals surface area (Å²) in [5, 5.41) is 0. The third kappa shape index (κ3) is 4.15. The van der Waals surface area contributed by atoms with Gasteiger partial charge in [-0.05, 0) is 48.7 Å². The van der Waals surface area contributed by atoms with Gasteiger partial charge in [-0.3, -0.25) is 9.59 Å². The Balaban J connectivity index is 1.85. The molecule has 0 amide bonds. The van der Waals surface area contributed by atoms with Crippen LogP contribution in [0.5, 0.6) is 0 Å². The van der Waals surface area contributed by atoms with Crippen molar-refractivity contribution in [3.8, 4) is 0 Å². The van der Waals surface area contributed by atoms with Crippen LogP contribution in [0.1, 0.15) is 79.6 Å². The summed E-state index contributed by atoms with van der Waals surface area (Å²) < 4.78 is 11.0. The topological polar surface area (TPSA) is 69.7 Å². The molecular formula is C24H36O5. The molecule has 1 heterocycles. The second kappa shape index (κ2) is 8.23. The summed E-state index contributed by atoms with van der Waals surface area (Å²) >= 11 is 0. The quantitative estimate of drug-likeness (QED) is 0.579. The van der Waals surface area contributed by atoms with Crippen LogP contribution in [0.15, 0.2) is 11.6 Å². The summed E-state index contributed by atoms with van der Waals surface area (Å²) in [7, 11) is 0. The van der Waals surface area contributed by atoms with Gasteiger partial charge < -0.3 is 9.47 Å². The van der Waals surface area contributed by atoms with Gasteiger partial charge in [-0.15, -0.1) is 0 Å². The van der Waals surface area contributed by atoms with Crippen LogP contribution < -0.4 is 0 Å². The van der Waals surface area contributed by atoms with Crippen LogP contribution in [0.25, 0.3) is 0 Å². The number of carbonyl (C=O) groups is 3. The molecule has 0 bridgehead atoms. The number of hydrogen-bond donors (Lipinski definition) is 0. The van der Waals surface area contributed by atoms with Gasteiger partial charge >= 0.3 is 11.9 Å². The number of allylic oxidation sites excluding steroid dienone is 1. The molecule has 5 heteroatoms. The first-order valence-electron chi connectivity index (χ1n) is 11.2. The van der Waals surface area contributed by atoms with E-state index in [4.69, 9.17) is 9.47 Å². The van der Waals surface area contributed by atoms with Gasteiger partial charge in [0.15, 0.2) is 5.78 Å². The predicted molar refractivity (Wildman–Crippen MR) is 110 cm³/mol. The molecule has 1 saturated carbocycles. The van der Waals surface area contributed by atoms with Crippen LogP contribution in [-0.2, 0) is 23.9 Å². The monoisotopic (exact) mass is 404 g/mol. The first kappa shape index (κ1) is 22.0. The van der Waals surface area contributed by atoms with Gasteiger partial charge in [-0.1, -0.05) is 53.9 Å². The Labute approximate surface area is 174 Å². The number of carbonyl (C=O) groups excluding carboxylic acids is 3. The van der Waals surface area contributed by atoms with Gasteiger partial charge in [0.1, 0.15) is 6.61 Å². The van der Waals surface area contributed by atoms with Gasteiger partial charge in [0.2, 0.25) is 6.10 Å². The van der Waals surface area contributed by atoms with Crippen molar-refractivity contribution in [1.29, 1.82) is 0 Å². The van der Waals surface area contributed by atoms with Gasteiger partial charge in [-0.25, -0.2) is 4.79 Å². The molecule has 3 aliphatic rings. The summed E-state index contributed by atoms with van der Waals surface area (Å²) in [6.07, 6.45) is 6.72. The summed E-state index contributed by atoms with van der Waals surface area (Å²) in [5.74, 6) is 0.495. The lowest BCUT2D eigenvalue weighted by Crippen LogP contribution is -2.46. The molecule has 0 aromatic rings. The van der Waals surface area contributed by atoms with Crippen molar-refractivity contribution in [3.63, 3.8) is 0 Å². The molecule has 2 aliphatic carbocycles. The van der Waals surface area contributed by atoms with E-state index in [9.17, 15) is 14.4 Å². The molecule has 1 saturated heterocycles. The van der Waals surface area contributed by atoms with E-state index in [1.807, 2.05) is 13.8 Å². The van der Waals surface area contributed by atoms with E-state index in [-0.39, 0.29) is 24.3 Å². The van der Waals surface area contributed by atoms with Crippen molar-refractivity contribution in [1.82, 2.24) is 0 Å². The van der Waals surface area contributed by atoms with E-state index < -0.39 is 22.9 Å². The molecule has 0 spiro atoms. The standard InChI is InChI=1S/C24H36O5/c1-15(2)7-6-8-16(3)19-10-9-17-13-18(25)11-12-24(17,19)22(27)29-20-21(26)28-14-23(20,4)5/h13,15-16,19-20H,6-12,14H2,1-5H3/t16-,19-,20-,24-/m0/s1. The van der Waals surface area contributed by atoms with Crippen molar-refractivity contribution in [2.45, 2.75) is 85.7 Å². The molecule has 0 aromatic heterocycles. The minimum Gasteiger partial charge on any atom is -0.462 e. The number of cyclic esters (lactones) is 1. The van der Waals surface area contributed by atoms with Gasteiger partial charge in [-0.2, -0.15) is 0 Å². The highest BCUT2D eigenvalue weighted by molar-refractivity contribution is 5.96. The van der Waals surface area contributed by atoms with Gasteiger partial charge in [0.25, 0.3) is 0 Å². The zero-order chi connectivity index (χ0) is 21.4. The Morgan fingerprint density at radius 3 is 2.55 bits per heavy atom. The number of ketones is 1. The fraction of sp³-hybridized carbons (Fsp3) is 0.792. The summed E-state index contributed by atoms with van der Waals surface area (Å²) in [6.45, 7) is 10.7. The van der Waals surface area contributed by atoms with Crippen molar-refractivity contribution >= 4 is 17.7 Å². The maximum Gasteiger partial charge on any atom is 0.348 e. The zero-order valence-corrected chi connectivity index (χ0v) is 18.6. The second-order valence-electron chi connectivity index (χ2n) is 10.4. The average Bonchev–Trinajstić information content (AvgIpc) is 3.14. The summed E-state index contributed by atoms with van der Waals surface area (Å²) in [5.41, 5.74) is -0.373. The van der Waals surface area contributed by atoms with Crippen molar-refractivity contribution < 1.29 is 23.9 Å². The molecule has 0 N–H and O–H groups in total. The van der Waals surface area contributed by atoms with E-state index in [2.05, 4.69) is 20.8 Å². The first-order valence-corrected chi connectivity index (χ1v) is 11.2. The molecule has 3 rings (SSSR count). The molecule has 0 radical (unpaired) electrons. The average molecular weight is 405 g/mol. The van der Waals surface area contributed by atoms with Gasteiger partial charge in [0, 0.05) is 11.8 Å². The molecule has 162 valence electrons. The highest BCUT2D eigenvalue weighted by Gasteiger charge is 2.58. The highest BCUT2D eigenvalue weighted by Crippen LogP contribution is 2.57. The van der Waals surface area contributed by atoms with Crippen LogP contribution in [0.2, 0.25) is 0 Å². The van der Waals surface area contributed by atoms with Crippen LogP contribution in [0.4, 0.5) is 0 Å². The molecule has 2 fully saturated rings. The number of hydrogen-bond acceptors (Lipinski definition) is 5. The molecular weight excluding hydrogens is 368 g/mol. The van der Waals surface area contributed by atoms with Crippen LogP contribution >= 0.6 is 0 Å². The van der Waals surface area contributed by atoms with E-state index in [1.165, 1.54) is 6.42 Å². The number of fused-ring (bicyclic) bond motifs is 1. The molecule has 5 nitrogen and oxygen atoms in total. The Bertz CT molecular complexity index is 704. The first-order chi connectivity index (χ1) is 13.6. The summed E-state index contributed by atoms with van der Waals surface area (Å²) in [6, 6.07) is 0. The predicted octanol–water partition coefficient (Wildman–Crippen LogP) is 4.63. The van der Waals surface area contributed by atoms with Crippen LogP contribution in [0.3, 0.4) is 0 Å². The second-order valence-corrected chi connectivity index (χ2v) is 10.4. The van der Waals surface area contributed by atoms with Gasteiger partial charge in [0.05, 0.1) is 5.41 Å². The molecule has 1 aliphatic heterocycles. The Morgan fingerprint density at radius 2 is 1.93 bits per heavy atom.